The molecule has 0 bridgehead atoms. The molecule has 0 aliphatic carbocycles. The smallest absolute Gasteiger partial charge is 0.224 e. The van der Waals surface area contributed by atoms with Crippen LogP contribution in [0.2, 0.25) is 0 Å². The zero-order valence-electron chi connectivity index (χ0n) is 22.2. The summed E-state index contributed by atoms with van der Waals surface area (Å²) in [4.78, 5) is 24.4. The quantitative estimate of drug-likeness (QED) is 0.205. The molecule has 6 aromatic rings. The standard InChI is InChI=1S/C31H27FN6O2/c1-17(2)6-30(39)35-22-8-20(13-33-14-22)18-4-5-27-25(10-18)31(38-37-27)28-12-24-26(15-34-16-29(24)36-28)19-7-21(32)11-23(9-19)40-3/h4-5,7-17,36H,6H2,1-3H3,(H,35,39)(H,37,38). The van der Waals surface area contributed by atoms with E-state index < -0.39 is 0 Å². The van der Waals surface area contributed by atoms with Gasteiger partial charge in [0, 0.05) is 46.8 Å². The van der Waals surface area contributed by atoms with Crippen LogP contribution in [-0.4, -0.2) is 38.2 Å². The lowest BCUT2D eigenvalue weighted by Gasteiger charge is -2.09. The predicted molar refractivity (Wildman–Crippen MR) is 154 cm³/mol. The van der Waals surface area contributed by atoms with Crippen molar-refractivity contribution in [1.29, 1.82) is 0 Å². The van der Waals surface area contributed by atoms with Crippen LogP contribution >= 0.6 is 0 Å². The second kappa shape index (κ2) is 10.3. The Kier molecular flexibility index (Phi) is 6.47. The molecule has 9 heteroatoms. The molecule has 0 fully saturated rings. The molecule has 0 aliphatic rings. The summed E-state index contributed by atoms with van der Waals surface area (Å²) >= 11 is 0. The van der Waals surface area contributed by atoms with Gasteiger partial charge in [-0.25, -0.2) is 4.39 Å². The zero-order chi connectivity index (χ0) is 27.8. The Morgan fingerprint density at radius 3 is 2.60 bits per heavy atom. The molecule has 1 amide bonds. The topological polar surface area (TPSA) is 109 Å². The lowest BCUT2D eigenvalue weighted by Crippen LogP contribution is -2.13. The largest absolute Gasteiger partial charge is 0.497 e. The van der Waals surface area contributed by atoms with E-state index in [1.807, 2.05) is 44.2 Å². The highest BCUT2D eigenvalue weighted by atomic mass is 19.1. The number of fused-ring (bicyclic) bond motifs is 2. The minimum atomic E-state index is -0.383. The predicted octanol–water partition coefficient (Wildman–Crippen LogP) is 6.97. The van der Waals surface area contributed by atoms with Crippen LogP contribution in [-0.2, 0) is 4.79 Å². The fourth-order valence-corrected chi connectivity index (χ4v) is 4.89. The van der Waals surface area contributed by atoms with Gasteiger partial charge in [0.05, 0.1) is 41.9 Å². The van der Waals surface area contributed by atoms with Gasteiger partial charge in [-0.3, -0.25) is 19.9 Å². The third kappa shape index (κ3) is 4.89. The summed E-state index contributed by atoms with van der Waals surface area (Å²) in [6.45, 7) is 4.02. The molecule has 0 aliphatic heterocycles. The second-order valence-corrected chi connectivity index (χ2v) is 10.2. The van der Waals surface area contributed by atoms with Gasteiger partial charge in [0.1, 0.15) is 17.3 Å². The summed E-state index contributed by atoms with van der Waals surface area (Å²) in [5.74, 6) is 0.287. The van der Waals surface area contributed by atoms with Gasteiger partial charge >= 0.3 is 0 Å². The molecule has 4 heterocycles. The van der Waals surface area contributed by atoms with Crippen LogP contribution in [0.15, 0.2) is 73.3 Å². The van der Waals surface area contributed by atoms with E-state index in [0.29, 0.717) is 23.4 Å². The van der Waals surface area contributed by atoms with Crippen LogP contribution in [0.1, 0.15) is 20.3 Å². The average molecular weight is 535 g/mol. The zero-order valence-corrected chi connectivity index (χ0v) is 22.2. The van der Waals surface area contributed by atoms with Crippen molar-refractivity contribution in [2.45, 2.75) is 20.3 Å². The Morgan fingerprint density at radius 2 is 1.77 bits per heavy atom. The van der Waals surface area contributed by atoms with Gasteiger partial charge in [-0.05, 0) is 53.4 Å². The number of aromatic nitrogens is 5. The number of ether oxygens (including phenoxy) is 1. The number of carbonyl (C=O) groups excluding carboxylic acids is 1. The number of amides is 1. The first-order chi connectivity index (χ1) is 19.4. The molecular formula is C31H27FN6O2. The SMILES string of the molecule is COc1cc(F)cc(-c2cncc3[nH]c(-c4n[nH]c5ccc(-c6cncc(NC(=O)CC(C)C)c6)cc45)cc23)c1. The van der Waals surface area contributed by atoms with Crippen molar-refractivity contribution in [2.75, 3.05) is 12.4 Å². The number of hydrogen-bond donors (Lipinski definition) is 3. The molecule has 0 spiro atoms. The van der Waals surface area contributed by atoms with Crippen LogP contribution < -0.4 is 10.1 Å². The highest BCUT2D eigenvalue weighted by Gasteiger charge is 2.16. The van der Waals surface area contributed by atoms with Crippen molar-refractivity contribution in [3.05, 3.63) is 79.1 Å². The number of nitrogens with zero attached hydrogens (tertiary/aromatic N) is 3. The van der Waals surface area contributed by atoms with Gasteiger partial charge in [0.2, 0.25) is 5.91 Å². The van der Waals surface area contributed by atoms with Crippen molar-refractivity contribution in [3.8, 4) is 39.4 Å². The fraction of sp³-hybridized carbons (Fsp3) is 0.161. The summed E-state index contributed by atoms with van der Waals surface area (Å²) in [5.41, 5.74) is 7.13. The number of aromatic amines is 2. The number of halogens is 1. The van der Waals surface area contributed by atoms with Crippen molar-refractivity contribution >= 4 is 33.4 Å². The number of nitrogens with one attached hydrogen (secondary N) is 3. The Balaban J connectivity index is 1.38. The summed E-state index contributed by atoms with van der Waals surface area (Å²) < 4.78 is 19.5. The summed E-state index contributed by atoms with van der Waals surface area (Å²) in [5, 5.41) is 12.4. The van der Waals surface area contributed by atoms with E-state index >= 15 is 0 Å². The molecule has 6 rings (SSSR count). The molecule has 4 aromatic heterocycles. The lowest BCUT2D eigenvalue weighted by molar-refractivity contribution is -0.116. The average Bonchev–Trinajstić information content (AvgIpc) is 3.56. The van der Waals surface area contributed by atoms with E-state index in [1.165, 1.54) is 19.2 Å². The Labute approximate surface area is 229 Å². The number of hydrogen-bond acceptors (Lipinski definition) is 5. The molecule has 3 N–H and O–H groups in total. The third-order valence-corrected chi connectivity index (χ3v) is 6.73. The van der Waals surface area contributed by atoms with E-state index in [0.717, 1.165) is 49.9 Å². The molecule has 0 saturated carbocycles. The molecule has 8 nitrogen and oxygen atoms in total. The molecule has 0 radical (unpaired) electrons. The highest BCUT2D eigenvalue weighted by Crippen LogP contribution is 2.36. The first-order valence-corrected chi connectivity index (χ1v) is 12.9. The van der Waals surface area contributed by atoms with E-state index in [1.54, 1.807) is 30.9 Å². The number of benzene rings is 2. The molecule has 0 unspecified atom stereocenters. The normalized spacial score (nSPS) is 11.4. The minimum absolute atomic E-state index is 0.0362. The first-order valence-electron chi connectivity index (χ1n) is 12.9. The monoisotopic (exact) mass is 534 g/mol. The second-order valence-electron chi connectivity index (χ2n) is 10.2. The maximum atomic E-state index is 14.3. The summed E-state index contributed by atoms with van der Waals surface area (Å²) in [6.07, 6.45) is 7.32. The van der Waals surface area contributed by atoms with Gasteiger partial charge < -0.3 is 15.0 Å². The van der Waals surface area contributed by atoms with Crippen LogP contribution in [0, 0.1) is 11.7 Å². The third-order valence-electron chi connectivity index (χ3n) is 6.73. The van der Waals surface area contributed by atoms with E-state index in [4.69, 9.17) is 4.74 Å². The minimum Gasteiger partial charge on any atom is -0.497 e. The number of H-pyrrole nitrogens is 2. The Hall–Kier alpha value is -5.05. The van der Waals surface area contributed by atoms with Crippen molar-refractivity contribution in [1.82, 2.24) is 25.1 Å². The van der Waals surface area contributed by atoms with Gasteiger partial charge in [-0.1, -0.05) is 19.9 Å². The summed E-state index contributed by atoms with van der Waals surface area (Å²) in [7, 11) is 1.51. The molecule has 200 valence electrons. The Bertz CT molecular complexity index is 1870. The van der Waals surface area contributed by atoms with Gasteiger partial charge in [-0.2, -0.15) is 5.10 Å². The first kappa shape index (κ1) is 25.2. The molecule has 0 saturated heterocycles. The number of carbonyl (C=O) groups is 1. The van der Waals surface area contributed by atoms with E-state index in [-0.39, 0.29) is 17.6 Å². The number of methoxy groups -OCH3 is 1. The maximum absolute atomic E-state index is 14.3. The Morgan fingerprint density at radius 1 is 0.925 bits per heavy atom. The summed E-state index contributed by atoms with van der Waals surface area (Å²) in [6, 6.07) is 14.5. The van der Waals surface area contributed by atoms with Crippen molar-refractivity contribution < 1.29 is 13.9 Å². The highest BCUT2D eigenvalue weighted by molar-refractivity contribution is 6.01. The number of rotatable bonds is 7. The van der Waals surface area contributed by atoms with Gasteiger partial charge in [-0.15, -0.1) is 0 Å². The number of pyridine rings is 2. The van der Waals surface area contributed by atoms with Crippen LogP contribution in [0.3, 0.4) is 0 Å². The van der Waals surface area contributed by atoms with Crippen LogP contribution in [0.4, 0.5) is 10.1 Å². The molecule has 0 atom stereocenters. The van der Waals surface area contributed by atoms with Gasteiger partial charge in [0.25, 0.3) is 0 Å². The lowest BCUT2D eigenvalue weighted by atomic mass is 10.0. The van der Waals surface area contributed by atoms with E-state index in [9.17, 15) is 9.18 Å². The molecule has 2 aromatic carbocycles. The van der Waals surface area contributed by atoms with Crippen LogP contribution in [0.25, 0.3) is 55.4 Å². The molecular weight excluding hydrogens is 507 g/mol. The van der Waals surface area contributed by atoms with Crippen molar-refractivity contribution in [3.63, 3.8) is 0 Å². The molecule has 40 heavy (non-hydrogen) atoms. The van der Waals surface area contributed by atoms with Crippen LogP contribution in [0.5, 0.6) is 5.75 Å². The number of anilines is 1. The van der Waals surface area contributed by atoms with E-state index in [2.05, 4.69) is 30.5 Å². The van der Waals surface area contributed by atoms with Crippen molar-refractivity contribution in [2.24, 2.45) is 5.92 Å². The van der Waals surface area contributed by atoms with Gasteiger partial charge in [0.15, 0.2) is 0 Å². The maximum Gasteiger partial charge on any atom is 0.224 e. The fourth-order valence-electron chi connectivity index (χ4n) is 4.89.